The Morgan fingerprint density at radius 2 is 1.00 bits per heavy atom. The third-order valence-electron chi connectivity index (χ3n) is 9.03. The average Bonchev–Trinajstić information content (AvgIpc) is 3.15. The maximum absolute atomic E-state index is 12.6. The highest BCUT2D eigenvalue weighted by molar-refractivity contribution is 7.47. The van der Waals surface area contributed by atoms with Crippen LogP contribution in [0.3, 0.4) is 0 Å². The first-order chi connectivity index (χ1) is 27.0. The van der Waals surface area contributed by atoms with Crippen LogP contribution in [0.2, 0.25) is 0 Å². The summed E-state index contributed by atoms with van der Waals surface area (Å²) >= 11 is 0. The van der Waals surface area contributed by atoms with Crippen molar-refractivity contribution in [2.24, 2.45) is 0 Å². The lowest BCUT2D eigenvalue weighted by molar-refractivity contribution is -0.870. The number of ether oxygens (including phenoxy) is 2. The predicted octanol–water partition coefficient (Wildman–Crippen LogP) is 12.5. The molecule has 0 bridgehead atoms. The van der Waals surface area contributed by atoms with Crippen molar-refractivity contribution in [1.29, 1.82) is 0 Å². The van der Waals surface area contributed by atoms with Crippen LogP contribution >= 0.6 is 7.82 Å². The van der Waals surface area contributed by atoms with Crippen LogP contribution < -0.4 is 0 Å². The first-order valence-corrected chi connectivity index (χ1v) is 23.5. The first kappa shape index (κ1) is 53.7. The molecule has 0 aliphatic heterocycles. The summed E-state index contributed by atoms with van der Waals surface area (Å²) in [4.78, 5) is 35.3. The number of phosphoric acid groups is 1. The summed E-state index contributed by atoms with van der Waals surface area (Å²) in [7, 11) is 1.42. The first-order valence-electron chi connectivity index (χ1n) is 22.0. The summed E-state index contributed by atoms with van der Waals surface area (Å²) < 4.78 is 34.2. The molecule has 1 unspecified atom stereocenters. The lowest BCUT2D eigenvalue weighted by Crippen LogP contribution is -2.37. The van der Waals surface area contributed by atoms with Crippen LogP contribution in [0.25, 0.3) is 0 Å². The minimum absolute atomic E-state index is 0.0156. The second-order valence-electron chi connectivity index (χ2n) is 15.7. The quantitative estimate of drug-likeness (QED) is 0.0215. The van der Waals surface area contributed by atoms with Crippen LogP contribution in [-0.2, 0) is 32.7 Å². The van der Waals surface area contributed by atoms with Crippen molar-refractivity contribution in [1.82, 2.24) is 0 Å². The van der Waals surface area contributed by atoms with Gasteiger partial charge in [-0.15, -0.1) is 0 Å². The normalized spacial score (nSPS) is 14.2. The molecule has 0 fully saturated rings. The Bertz CT molecular complexity index is 1140. The monoisotopic (exact) mass is 809 g/mol. The fourth-order valence-corrected chi connectivity index (χ4v) is 6.29. The van der Waals surface area contributed by atoms with E-state index >= 15 is 0 Å². The largest absolute Gasteiger partial charge is 0.472 e. The molecule has 2 atom stereocenters. The van der Waals surface area contributed by atoms with E-state index in [0.29, 0.717) is 23.9 Å². The van der Waals surface area contributed by atoms with E-state index in [9.17, 15) is 19.0 Å². The number of phosphoric ester groups is 1. The van der Waals surface area contributed by atoms with E-state index in [4.69, 9.17) is 18.5 Å². The summed E-state index contributed by atoms with van der Waals surface area (Å²) in [5, 5.41) is 0. The molecule has 1 N–H and O–H groups in total. The smallest absolute Gasteiger partial charge is 0.462 e. The number of allylic oxidation sites excluding steroid dienone is 10. The molecule has 0 saturated carbocycles. The van der Waals surface area contributed by atoms with E-state index in [2.05, 4.69) is 68.5 Å². The number of unbranched alkanes of at least 4 members (excludes halogenated alkanes) is 15. The SMILES string of the molecule is CCCCC/C=C/C/C=C/C/C=C/C/C=C/CCCC(=O)OC[C@H](COP(=O)(O)OCC[N+](C)(C)C)OC(=O)CC/C=C/CCCCCCCCCCCCC. The molecule has 0 amide bonds. The number of likely N-dealkylation sites (N-methyl/N-ethyl adjacent to an activating group) is 1. The van der Waals surface area contributed by atoms with Crippen LogP contribution in [0, 0.1) is 0 Å². The van der Waals surface area contributed by atoms with Gasteiger partial charge in [0.1, 0.15) is 19.8 Å². The van der Waals surface area contributed by atoms with Gasteiger partial charge in [-0.2, -0.15) is 0 Å². The maximum atomic E-state index is 12.6. The van der Waals surface area contributed by atoms with Crippen molar-refractivity contribution in [2.45, 2.75) is 174 Å². The second-order valence-corrected chi connectivity index (χ2v) is 17.2. The molecule has 0 aromatic carbocycles. The molecule has 56 heavy (non-hydrogen) atoms. The lowest BCUT2D eigenvalue weighted by atomic mass is 10.1. The van der Waals surface area contributed by atoms with E-state index in [1.54, 1.807) is 0 Å². The number of quaternary nitrogens is 1. The van der Waals surface area contributed by atoms with Gasteiger partial charge >= 0.3 is 19.8 Å². The van der Waals surface area contributed by atoms with Crippen LogP contribution in [0.1, 0.15) is 168 Å². The van der Waals surface area contributed by atoms with Gasteiger partial charge in [-0.3, -0.25) is 18.6 Å². The Morgan fingerprint density at radius 1 is 0.554 bits per heavy atom. The van der Waals surface area contributed by atoms with Crippen molar-refractivity contribution in [3.63, 3.8) is 0 Å². The summed E-state index contributed by atoms with van der Waals surface area (Å²) in [5.41, 5.74) is 0. The minimum Gasteiger partial charge on any atom is -0.462 e. The molecule has 0 aromatic rings. The number of rotatable bonds is 39. The van der Waals surface area contributed by atoms with Gasteiger partial charge in [0.2, 0.25) is 0 Å². The molecule has 0 heterocycles. The molecular weight excluding hydrogens is 725 g/mol. The zero-order valence-electron chi connectivity index (χ0n) is 36.3. The van der Waals surface area contributed by atoms with Gasteiger partial charge in [0.15, 0.2) is 6.10 Å². The molecule has 10 heteroatoms. The number of hydrogen-bond donors (Lipinski definition) is 1. The molecule has 0 aromatic heterocycles. The molecular formula is C46H83NO8P+. The number of esters is 2. The summed E-state index contributed by atoms with van der Waals surface area (Å²) in [6.07, 6.45) is 45.7. The summed E-state index contributed by atoms with van der Waals surface area (Å²) in [6.45, 7) is 4.28. The van der Waals surface area contributed by atoms with Crippen LogP contribution in [-0.4, -0.2) is 74.9 Å². The van der Waals surface area contributed by atoms with Gasteiger partial charge in [-0.1, -0.05) is 152 Å². The number of hydrogen-bond acceptors (Lipinski definition) is 7. The van der Waals surface area contributed by atoms with Crippen LogP contribution in [0.4, 0.5) is 0 Å². The molecule has 0 radical (unpaired) electrons. The third kappa shape index (κ3) is 41.3. The molecule has 9 nitrogen and oxygen atoms in total. The fourth-order valence-electron chi connectivity index (χ4n) is 5.55. The van der Waals surface area contributed by atoms with Gasteiger partial charge in [0.05, 0.1) is 27.7 Å². The van der Waals surface area contributed by atoms with E-state index in [1.807, 2.05) is 27.2 Å². The molecule has 0 spiro atoms. The standard InChI is InChI=1S/C46H82NO8P/c1-6-8-10-12-14-16-18-20-22-23-25-26-28-30-32-34-36-38-45(48)52-42-44(43-54-56(50,51)53-41-40-47(3,4)5)55-46(49)39-37-35-33-31-29-27-24-21-19-17-15-13-11-9-7-2/h14,16,20,22,25-26,30,32-33,35,44H,6-13,15,17-19,21,23-24,27-29,31,34,36-43H2,1-5H3/p+1/b16-14+,22-20+,26-25+,32-30+,35-33+/t44-/m1/s1. The Morgan fingerprint density at radius 3 is 1.55 bits per heavy atom. The number of nitrogens with zero attached hydrogens (tertiary/aromatic N) is 1. The van der Waals surface area contributed by atoms with Gasteiger partial charge in [-0.25, -0.2) is 4.57 Å². The second kappa shape index (κ2) is 38.2. The minimum atomic E-state index is -4.40. The predicted molar refractivity (Wildman–Crippen MR) is 233 cm³/mol. The Kier molecular flexibility index (Phi) is 36.7. The Labute approximate surface area is 343 Å². The maximum Gasteiger partial charge on any atom is 0.472 e. The Balaban J connectivity index is 4.50. The summed E-state index contributed by atoms with van der Waals surface area (Å²) in [6, 6.07) is 0. The van der Waals surface area contributed by atoms with E-state index in [1.165, 1.54) is 89.9 Å². The van der Waals surface area contributed by atoms with Crippen molar-refractivity contribution >= 4 is 19.8 Å². The zero-order chi connectivity index (χ0) is 41.4. The topological polar surface area (TPSA) is 108 Å². The molecule has 0 rings (SSSR count). The zero-order valence-corrected chi connectivity index (χ0v) is 37.2. The Hall–Kier alpha value is -2.29. The van der Waals surface area contributed by atoms with Crippen molar-refractivity contribution in [3.8, 4) is 0 Å². The molecule has 0 aliphatic carbocycles. The average molecular weight is 809 g/mol. The molecule has 324 valence electrons. The molecule has 0 saturated heterocycles. The summed E-state index contributed by atoms with van der Waals surface area (Å²) in [5.74, 6) is -0.924. The van der Waals surface area contributed by atoms with Crippen molar-refractivity contribution < 1.29 is 42.1 Å². The van der Waals surface area contributed by atoms with Gasteiger partial charge < -0.3 is 18.9 Å². The van der Waals surface area contributed by atoms with Crippen molar-refractivity contribution in [2.75, 3.05) is 47.5 Å². The van der Waals surface area contributed by atoms with Gasteiger partial charge in [0.25, 0.3) is 0 Å². The number of carbonyl (C=O) groups excluding carboxylic acids is 2. The number of carbonyl (C=O) groups is 2. The van der Waals surface area contributed by atoms with Crippen LogP contribution in [0.15, 0.2) is 60.8 Å². The lowest BCUT2D eigenvalue weighted by Gasteiger charge is -2.24. The fraction of sp³-hybridized carbons (Fsp3) is 0.739. The highest BCUT2D eigenvalue weighted by Crippen LogP contribution is 2.43. The highest BCUT2D eigenvalue weighted by Gasteiger charge is 2.27. The van der Waals surface area contributed by atoms with E-state index < -0.39 is 32.5 Å². The van der Waals surface area contributed by atoms with Gasteiger partial charge in [0, 0.05) is 12.8 Å². The van der Waals surface area contributed by atoms with E-state index in [0.717, 1.165) is 38.5 Å². The van der Waals surface area contributed by atoms with Gasteiger partial charge in [-0.05, 0) is 64.2 Å². The molecule has 0 aliphatic rings. The van der Waals surface area contributed by atoms with E-state index in [-0.39, 0.29) is 26.1 Å². The third-order valence-corrected chi connectivity index (χ3v) is 10.0. The van der Waals surface area contributed by atoms with Crippen LogP contribution in [0.5, 0.6) is 0 Å². The van der Waals surface area contributed by atoms with Crippen molar-refractivity contribution in [3.05, 3.63) is 60.8 Å². The highest BCUT2D eigenvalue weighted by atomic mass is 31.2.